The highest BCUT2D eigenvalue weighted by Crippen LogP contribution is 2.69. The van der Waals surface area contributed by atoms with Gasteiger partial charge in [0.1, 0.15) is 18.3 Å². The number of hydrogen-bond donors (Lipinski definition) is 7. The minimum absolute atomic E-state index is 0.107. The monoisotopic (exact) mass is 676 g/mol. The first-order chi connectivity index (χ1) is 20.0. The van der Waals surface area contributed by atoms with E-state index in [2.05, 4.69) is 64.2 Å². The lowest BCUT2D eigenvalue weighted by Gasteiger charge is -2.21. The number of terminal acetylenes is 1. The number of nitrogens with zero attached hydrogens (tertiary/aromatic N) is 4. The average molecular weight is 676 g/mol. The van der Waals surface area contributed by atoms with Crippen LogP contribution in [0.4, 0.5) is 5.95 Å². The minimum Gasteiger partial charge on any atom is -0.387 e. The zero-order valence-corrected chi connectivity index (χ0v) is 26.0. The van der Waals surface area contributed by atoms with Crippen molar-refractivity contribution in [2.45, 2.75) is 51.7 Å². The first-order valence-corrected chi connectivity index (χ1v) is 17.1. The van der Waals surface area contributed by atoms with Crippen molar-refractivity contribution in [3.8, 4) is 12.3 Å². The van der Waals surface area contributed by atoms with E-state index in [-0.39, 0.29) is 23.5 Å². The third-order valence-corrected chi connectivity index (χ3v) is 9.96. The summed E-state index contributed by atoms with van der Waals surface area (Å²) in [5.74, 6) is 1.78. The Bertz CT molecular complexity index is 1450. The van der Waals surface area contributed by atoms with Crippen molar-refractivity contribution >= 4 is 40.6 Å². The van der Waals surface area contributed by atoms with E-state index >= 15 is 0 Å². The molecule has 2 aromatic heterocycles. The zero-order chi connectivity index (χ0) is 32.6. The number of nitrogen functional groups attached to an aromatic ring is 1. The Labute approximate surface area is 245 Å². The number of aromatic nitrogens is 4. The van der Waals surface area contributed by atoms with Gasteiger partial charge >= 0.3 is 23.5 Å². The number of aromatic amines is 1. The second-order valence-corrected chi connectivity index (χ2v) is 13.2. The first kappa shape index (κ1) is 37.1. The maximum absolute atomic E-state index is 12.4. The van der Waals surface area contributed by atoms with E-state index in [0.717, 1.165) is 10.9 Å². The van der Waals surface area contributed by atoms with Gasteiger partial charge in [-0.25, -0.2) is 18.7 Å². The number of fused-ring (bicyclic) bond motifs is 1. The van der Waals surface area contributed by atoms with E-state index in [0.29, 0.717) is 0 Å². The van der Waals surface area contributed by atoms with Crippen LogP contribution in [0.25, 0.3) is 11.2 Å². The number of H-pyrrole nitrogens is 1. The van der Waals surface area contributed by atoms with Crippen LogP contribution < -0.4 is 11.3 Å². The lowest BCUT2D eigenvalue weighted by atomic mass is 10.1. The molecule has 6 atom stereocenters. The SMILES string of the molecule is C#CCCOP(=O)(OP(=O)(O)O)OP(=O)(O)OC[C@H]1O[C@@H](n2cnc3c(=O)[nH]c(N)nc32)[C@H](O)[C@@H]1O.CCN(CC)CC. The molecule has 8 N–H and O–H groups in total. The molecule has 20 nitrogen and oxygen atoms in total. The second-order valence-electron chi connectivity index (χ2n) is 8.59. The molecule has 0 aromatic carbocycles. The molecule has 0 spiro atoms. The smallest absolute Gasteiger partial charge is 0.387 e. The van der Waals surface area contributed by atoms with Gasteiger partial charge in [0.15, 0.2) is 17.4 Å². The van der Waals surface area contributed by atoms with Crippen molar-refractivity contribution in [3.05, 3.63) is 16.7 Å². The summed E-state index contributed by atoms with van der Waals surface area (Å²) in [6, 6.07) is 0. The predicted molar refractivity (Wildman–Crippen MR) is 149 cm³/mol. The van der Waals surface area contributed by atoms with Crippen LogP contribution in [0, 0.1) is 12.3 Å². The molecule has 43 heavy (non-hydrogen) atoms. The molecule has 1 saturated heterocycles. The number of nitrogens with two attached hydrogens (primary N) is 1. The quantitative estimate of drug-likeness (QED) is 0.0790. The molecule has 23 heteroatoms. The summed E-state index contributed by atoms with van der Waals surface area (Å²) in [7, 11) is -16.4. The fourth-order valence-corrected chi connectivity index (χ4v) is 7.28. The third-order valence-electron chi connectivity index (χ3n) is 5.71. The van der Waals surface area contributed by atoms with Gasteiger partial charge in [0.05, 0.1) is 19.5 Å². The molecule has 0 saturated carbocycles. The molecule has 0 amide bonds. The molecule has 1 aliphatic rings. The summed E-state index contributed by atoms with van der Waals surface area (Å²) in [6.45, 7) is 8.51. The van der Waals surface area contributed by atoms with Crippen molar-refractivity contribution in [1.29, 1.82) is 0 Å². The van der Waals surface area contributed by atoms with Gasteiger partial charge in [-0.3, -0.25) is 23.4 Å². The number of aliphatic hydroxyl groups is 2. The Hall–Kier alpha value is -2.04. The van der Waals surface area contributed by atoms with Crippen LogP contribution in [0.3, 0.4) is 0 Å². The summed E-state index contributed by atoms with van der Waals surface area (Å²) in [6.07, 6.45) is -0.549. The molecular weight excluding hydrogens is 641 g/mol. The molecule has 1 fully saturated rings. The Balaban J connectivity index is 0.000000821. The van der Waals surface area contributed by atoms with Crippen molar-refractivity contribution in [3.63, 3.8) is 0 Å². The Morgan fingerprint density at radius 1 is 1.12 bits per heavy atom. The van der Waals surface area contributed by atoms with Crippen LogP contribution in [0.1, 0.15) is 33.4 Å². The van der Waals surface area contributed by atoms with Crippen molar-refractivity contribution in [2.24, 2.45) is 0 Å². The second kappa shape index (κ2) is 15.8. The summed E-state index contributed by atoms with van der Waals surface area (Å²) in [5, 5.41) is 20.7. The molecule has 0 bridgehead atoms. The molecule has 0 aliphatic carbocycles. The number of nitrogens with one attached hydrogen (secondary N) is 1. The largest absolute Gasteiger partial charge is 0.492 e. The highest BCUT2D eigenvalue weighted by molar-refractivity contribution is 7.67. The van der Waals surface area contributed by atoms with Crippen LogP contribution in [-0.4, -0.2) is 100 Å². The molecule has 0 radical (unpaired) electrons. The Kier molecular flexibility index (Phi) is 13.6. The van der Waals surface area contributed by atoms with Gasteiger partial charge < -0.3 is 40.3 Å². The van der Waals surface area contributed by atoms with Crippen molar-refractivity contribution in [1.82, 2.24) is 24.4 Å². The van der Waals surface area contributed by atoms with Gasteiger partial charge in [0, 0.05) is 6.42 Å². The number of aliphatic hydroxyl groups excluding tert-OH is 2. The standard InChI is InChI=1S/C14H20N5O14P3.C6H15N/c1-2-3-4-29-36(28,32-34(23,24)25)33-35(26,27)30-5-7-9(20)10(21)13(31-7)19-6-16-8-11(19)17-14(15)18-12(8)22;1-4-7(5-2)6-3/h1,6-7,9-10,13,20-21H,3-5H2,(H,26,27)(H2,23,24,25)(H3,15,17,18,22);4-6H2,1-3H3/t7-,9-,10-,13-,36?;/m1./s1. The number of phosphoric acid groups is 3. The first-order valence-electron chi connectivity index (χ1n) is 12.6. The van der Waals surface area contributed by atoms with Gasteiger partial charge in [-0.1, -0.05) is 20.8 Å². The van der Waals surface area contributed by atoms with Crippen LogP contribution in [0.5, 0.6) is 0 Å². The van der Waals surface area contributed by atoms with E-state index in [1.165, 1.54) is 19.6 Å². The van der Waals surface area contributed by atoms with Crippen LogP contribution in [0.15, 0.2) is 11.1 Å². The normalized spacial score (nSPS) is 23.3. The lowest BCUT2D eigenvalue weighted by molar-refractivity contribution is -0.0504. The maximum atomic E-state index is 12.4. The highest BCUT2D eigenvalue weighted by atomic mass is 31.3. The number of hydrogen-bond acceptors (Lipinski definition) is 15. The molecule has 2 aromatic rings. The number of rotatable bonds is 14. The maximum Gasteiger partial charge on any atom is 0.492 e. The molecule has 3 heterocycles. The van der Waals surface area contributed by atoms with Crippen molar-refractivity contribution < 1.29 is 61.0 Å². The summed E-state index contributed by atoms with van der Waals surface area (Å²) < 4.78 is 59.4. The lowest BCUT2D eigenvalue weighted by Crippen LogP contribution is -2.33. The minimum atomic E-state index is -5.54. The fraction of sp³-hybridized carbons (Fsp3) is 0.650. The van der Waals surface area contributed by atoms with Crippen LogP contribution in [0.2, 0.25) is 0 Å². The van der Waals surface area contributed by atoms with Crippen molar-refractivity contribution in [2.75, 3.05) is 38.6 Å². The van der Waals surface area contributed by atoms with Gasteiger partial charge in [-0.15, -0.1) is 12.3 Å². The van der Waals surface area contributed by atoms with Gasteiger partial charge in [-0.2, -0.15) is 13.6 Å². The van der Waals surface area contributed by atoms with E-state index in [1.807, 2.05) is 0 Å². The number of imidazole rings is 1. The Morgan fingerprint density at radius 3 is 2.28 bits per heavy atom. The average Bonchev–Trinajstić information content (AvgIpc) is 3.43. The topological polar surface area (TPSA) is 291 Å². The summed E-state index contributed by atoms with van der Waals surface area (Å²) >= 11 is 0. The molecule has 3 rings (SSSR count). The molecule has 1 aliphatic heterocycles. The van der Waals surface area contributed by atoms with E-state index in [4.69, 9.17) is 26.7 Å². The van der Waals surface area contributed by atoms with Crippen LogP contribution >= 0.6 is 23.5 Å². The fourth-order valence-electron chi connectivity index (χ4n) is 3.62. The molecule has 244 valence electrons. The van der Waals surface area contributed by atoms with Gasteiger partial charge in [0.2, 0.25) is 5.95 Å². The summed E-state index contributed by atoms with van der Waals surface area (Å²) in [4.78, 5) is 51.9. The van der Waals surface area contributed by atoms with E-state index < -0.39 is 66.8 Å². The van der Waals surface area contributed by atoms with Crippen LogP contribution in [-0.2, 0) is 36.1 Å². The zero-order valence-electron chi connectivity index (χ0n) is 23.3. The number of ether oxygens (including phenoxy) is 1. The molecule has 2 unspecified atom stereocenters. The summed E-state index contributed by atoms with van der Waals surface area (Å²) in [5.41, 5.74) is 4.56. The Morgan fingerprint density at radius 2 is 1.74 bits per heavy atom. The van der Waals surface area contributed by atoms with E-state index in [9.17, 15) is 33.6 Å². The van der Waals surface area contributed by atoms with Gasteiger partial charge in [0.25, 0.3) is 5.56 Å². The van der Waals surface area contributed by atoms with E-state index in [1.54, 1.807) is 0 Å². The number of anilines is 1. The predicted octanol–water partition coefficient (Wildman–Crippen LogP) is 0.0600. The number of phosphoric ester groups is 1. The third kappa shape index (κ3) is 10.8. The molecular formula is C20H35N6O14P3. The highest BCUT2D eigenvalue weighted by Gasteiger charge is 2.47. The van der Waals surface area contributed by atoms with Gasteiger partial charge in [-0.05, 0) is 19.6 Å².